The average molecular weight is 2030 g/mol. The highest BCUT2D eigenvalue weighted by molar-refractivity contribution is 7.47. The van der Waals surface area contributed by atoms with E-state index in [2.05, 4.69) is 31.9 Å². The summed E-state index contributed by atoms with van der Waals surface area (Å²) in [4.78, 5) is 136. The SMILES string of the molecule is CC(=O)N[C@H]1[C@H](OCC(=O)NCCCCCCO[C@H]2CC(OP(=O)([O-])OCCOP(=O)(O)OC[C@H]3O[C@@H](OCCCCCCNC(=O)CO[C@@H]4O[C@H](CO)[C@H](O)[C@H](O)[C@H]4NC(C)=O)CC3OP(=O)([O-])OCCOP(=O)([O-])OC[C@H]3O[C@@H](OCCCCCCNC(=O)CO[C@@H]4O[C@H](CO)[C@H](O)[C@H](O)[C@H]4NC(C)=O)CC3OP(=O)([O-])OCCOC(C)(C)C)[C@@H](CO)O2)O[C@H](CO)[C@H](O)[C@@H]1O. The van der Waals surface area contributed by atoms with Gasteiger partial charge in [0.2, 0.25) is 35.4 Å². The summed E-state index contributed by atoms with van der Waals surface area (Å²) < 4.78 is 189. The third-order valence-corrected chi connectivity index (χ3v) is 25.3. The second kappa shape index (κ2) is 59.4. The van der Waals surface area contributed by atoms with Crippen molar-refractivity contribution in [2.45, 2.75) is 291 Å². The molecule has 6 aliphatic heterocycles. The number of phosphoric ester groups is 5. The van der Waals surface area contributed by atoms with Crippen LogP contribution in [-0.2, 0) is 158 Å². The van der Waals surface area contributed by atoms with Gasteiger partial charge >= 0.3 is 7.82 Å². The highest BCUT2D eigenvalue weighted by Gasteiger charge is 2.50. The second-order valence-electron chi connectivity index (χ2n) is 32.2. The lowest BCUT2D eigenvalue weighted by atomic mass is 9.97. The molecule has 0 aromatic carbocycles. The number of rotatable bonds is 66. The lowest BCUT2D eigenvalue weighted by Gasteiger charge is -2.42. The fourth-order valence-electron chi connectivity index (χ4n) is 13.8. The fourth-order valence-corrected chi connectivity index (χ4v) is 17.9. The third-order valence-electron chi connectivity index (χ3n) is 20.3. The first-order chi connectivity index (χ1) is 62.7. The van der Waals surface area contributed by atoms with Crippen molar-refractivity contribution >= 4 is 74.6 Å². The molecule has 6 rings (SSSR count). The summed E-state index contributed by atoms with van der Waals surface area (Å²) in [5.74, 6) is -3.52. The van der Waals surface area contributed by atoms with Crippen molar-refractivity contribution < 1.29 is 234 Å². The predicted molar refractivity (Wildman–Crippen MR) is 435 cm³/mol. The Hall–Kier alpha value is -3.55. The van der Waals surface area contributed by atoms with Gasteiger partial charge in [-0.15, -0.1) is 0 Å². The number of hydrogen-bond acceptors (Lipinski definition) is 48. The zero-order valence-electron chi connectivity index (χ0n) is 74.5. The van der Waals surface area contributed by atoms with E-state index in [0.29, 0.717) is 77.0 Å². The average Bonchev–Trinajstić information content (AvgIpc) is 1.80. The van der Waals surface area contributed by atoms with Crippen LogP contribution in [0.1, 0.15) is 138 Å². The molecular weight excluding hydrogens is 1900 g/mol. The molecule has 55 nitrogen and oxygen atoms in total. The van der Waals surface area contributed by atoms with E-state index in [0.717, 1.165) is 20.8 Å². The van der Waals surface area contributed by atoms with Gasteiger partial charge in [-0.1, -0.05) is 38.5 Å². The van der Waals surface area contributed by atoms with Gasteiger partial charge in [-0.3, -0.25) is 56.1 Å². The minimum atomic E-state index is -5.57. The van der Waals surface area contributed by atoms with Crippen molar-refractivity contribution in [1.29, 1.82) is 0 Å². The number of carbonyl (C=O) groups excluding carboxylic acids is 6. The molecule has 29 atom stereocenters. The van der Waals surface area contributed by atoms with Crippen molar-refractivity contribution in [3.63, 3.8) is 0 Å². The summed E-state index contributed by atoms with van der Waals surface area (Å²) in [6, 6.07) is -3.77. The molecule has 17 N–H and O–H groups in total. The maximum absolute atomic E-state index is 13.4. The molecule has 776 valence electrons. The van der Waals surface area contributed by atoms with Crippen LogP contribution in [0.4, 0.5) is 0 Å². The van der Waals surface area contributed by atoms with Crippen LogP contribution in [0.3, 0.4) is 0 Å². The number of aliphatic hydroxyl groups excluding tert-OH is 10. The lowest BCUT2D eigenvalue weighted by molar-refractivity contribution is -0.268. The summed E-state index contributed by atoms with van der Waals surface area (Å²) in [7, 11) is -26.7. The normalized spacial score (nSPS) is 31.4. The first-order valence-corrected chi connectivity index (χ1v) is 50.6. The minimum absolute atomic E-state index is 0.0277. The number of carbonyl (C=O) groups is 6. The first kappa shape index (κ1) is 118. The Kier molecular flexibility index (Phi) is 52.8. The standard InChI is InChI=1S/C73H135N6O49P5/c1-43(84)77-61-67(93)64(90)50(35-81)123-70(61)109-40-55(87)74-19-13-7-10-16-22-106-58-31-46(49(34-80)120-58)126-132(102,103)116-29-27-113-129(96,97)119-39-54-48(33-60(122-54)108-24-18-12-9-15-21-76-57(89)42-111-72-63(79-45(3)86)69(95)66(92)52(37-83)125-72)128-133(104,105)117-30-28-114-130(98,99)118-38-53-47(127-131(100,101)115-26-25-112-73(4,5)6)32-59(121-53)107-23-17-11-8-14-20-75-56(88)41-110-71-62(78-44(2)85)68(94)65(91)51(36-82)124-71/h46-54,58-72,80-83,90-95H,7-42H2,1-6H3,(H,74,87)(H,75,88)(H,76,89)(H,77,84)(H,78,85)(H,79,86)(H,96,97)(H,98,99)(H,100,101)(H,102,103)(H,104,105)/p-4/t46?,47?,48?,49-,50-,51-,52-,53-,54-,58-,59-,60-,61-,62-,63-,64+,65+,66+,67-,68-,69-,70-,71-,72-/m1/s1. The molecule has 0 radical (unpaired) electrons. The van der Waals surface area contributed by atoms with E-state index in [1.807, 2.05) is 0 Å². The van der Waals surface area contributed by atoms with Crippen LogP contribution in [0.2, 0.25) is 0 Å². The molecule has 6 aliphatic rings. The molecule has 0 saturated carbocycles. The molecule has 6 amide bonds. The quantitative estimate of drug-likeness (QED) is 0.0199. The molecule has 0 aliphatic carbocycles. The van der Waals surface area contributed by atoms with Crippen molar-refractivity contribution in [2.24, 2.45) is 0 Å². The van der Waals surface area contributed by atoms with E-state index >= 15 is 0 Å². The summed E-state index contributed by atoms with van der Waals surface area (Å²) in [6.07, 6.45) is -24.6. The molecule has 6 saturated heterocycles. The molecule has 133 heavy (non-hydrogen) atoms. The number of unbranched alkanes of at least 4 members (excludes halogenated alkanes) is 9. The summed E-state index contributed by atoms with van der Waals surface area (Å²) >= 11 is 0. The van der Waals surface area contributed by atoms with Crippen LogP contribution in [-0.4, -0.2) is 383 Å². The monoisotopic (exact) mass is 2030 g/mol. The number of nitrogens with one attached hydrogen (secondary N) is 6. The third kappa shape index (κ3) is 44.7. The van der Waals surface area contributed by atoms with Crippen LogP contribution in [0.5, 0.6) is 0 Å². The lowest BCUT2D eigenvalue weighted by Crippen LogP contribution is -2.64. The van der Waals surface area contributed by atoms with E-state index in [9.17, 15) is 127 Å². The first-order valence-electron chi connectivity index (χ1n) is 43.3. The van der Waals surface area contributed by atoms with Gasteiger partial charge in [-0.05, 0) is 59.3 Å². The topological polar surface area (TPSA) is 787 Å². The van der Waals surface area contributed by atoms with Gasteiger partial charge in [-0.25, -0.2) is 4.57 Å². The van der Waals surface area contributed by atoms with Gasteiger partial charge in [-0.2, -0.15) is 0 Å². The van der Waals surface area contributed by atoms with Crippen LogP contribution in [0.25, 0.3) is 0 Å². The summed E-state index contributed by atoms with van der Waals surface area (Å²) in [5, 5.41) is 116. The maximum atomic E-state index is 13.4. The number of amides is 6. The molecule has 6 fully saturated rings. The van der Waals surface area contributed by atoms with Gasteiger partial charge in [0, 0.05) is 79.5 Å². The zero-order valence-corrected chi connectivity index (χ0v) is 79.0. The molecule has 6 heterocycles. The van der Waals surface area contributed by atoms with Crippen LogP contribution >= 0.6 is 39.1 Å². The van der Waals surface area contributed by atoms with Crippen LogP contribution in [0.15, 0.2) is 0 Å². The summed E-state index contributed by atoms with van der Waals surface area (Å²) in [5.41, 5.74) is -0.664. The van der Waals surface area contributed by atoms with Crippen LogP contribution < -0.4 is 51.5 Å². The molecule has 0 bridgehead atoms. The molecule has 0 aromatic heterocycles. The zero-order chi connectivity index (χ0) is 98.3. The maximum Gasteiger partial charge on any atom is 0.472 e. The van der Waals surface area contributed by atoms with Crippen molar-refractivity contribution in [3.05, 3.63) is 0 Å². The summed E-state index contributed by atoms with van der Waals surface area (Å²) in [6.45, 7) is -1.83. The number of phosphoric acid groups is 5. The Morgan fingerprint density at radius 3 is 0.947 bits per heavy atom. The van der Waals surface area contributed by atoms with E-state index in [-0.39, 0.29) is 58.9 Å². The minimum Gasteiger partial charge on any atom is -0.756 e. The molecule has 0 spiro atoms. The Morgan fingerprint density at radius 2 is 0.632 bits per heavy atom. The van der Waals surface area contributed by atoms with Crippen LogP contribution in [0, 0.1) is 0 Å². The van der Waals surface area contributed by atoms with Gasteiger partial charge in [0.15, 0.2) is 37.7 Å². The molecular formula is C73H131N6O49P5-4. The smallest absolute Gasteiger partial charge is 0.472 e. The van der Waals surface area contributed by atoms with E-state index in [1.165, 1.54) is 0 Å². The van der Waals surface area contributed by atoms with Gasteiger partial charge < -0.3 is 205 Å². The Morgan fingerprint density at radius 1 is 0.346 bits per heavy atom. The number of hydrogen-bond donors (Lipinski definition) is 17. The van der Waals surface area contributed by atoms with Crippen molar-refractivity contribution in [1.82, 2.24) is 31.9 Å². The van der Waals surface area contributed by atoms with E-state index < -0.39 is 326 Å². The van der Waals surface area contributed by atoms with E-state index in [1.54, 1.807) is 20.8 Å². The van der Waals surface area contributed by atoms with E-state index in [4.69, 9.17) is 107 Å². The largest absolute Gasteiger partial charge is 0.756 e. The second-order valence-corrected chi connectivity index (χ2v) is 39.2. The Bertz CT molecular complexity index is 3710. The highest BCUT2D eigenvalue weighted by atomic mass is 31.2. The Labute approximate surface area is 767 Å². The van der Waals surface area contributed by atoms with Crippen molar-refractivity contribution in [3.8, 4) is 0 Å². The Balaban J connectivity index is 0.944. The van der Waals surface area contributed by atoms with Gasteiger partial charge in [0.1, 0.15) is 111 Å². The fraction of sp³-hybridized carbons (Fsp3) is 0.918. The van der Waals surface area contributed by atoms with Gasteiger partial charge in [0.05, 0.1) is 103 Å². The molecule has 60 heteroatoms. The number of ether oxygens (including phenoxy) is 13. The molecule has 0 aromatic rings. The van der Waals surface area contributed by atoms with Crippen molar-refractivity contribution in [2.75, 3.05) is 139 Å². The highest BCUT2D eigenvalue weighted by Crippen LogP contribution is 2.50. The molecule has 8 unspecified atom stereocenters. The number of aliphatic hydroxyl groups is 10. The van der Waals surface area contributed by atoms with Gasteiger partial charge in [0.25, 0.3) is 31.3 Å². The predicted octanol–water partition coefficient (Wildman–Crippen LogP) is -6.65.